The van der Waals surface area contributed by atoms with Gasteiger partial charge in [-0.3, -0.25) is 0 Å². The summed E-state index contributed by atoms with van der Waals surface area (Å²) in [6.45, 7) is 3.15. The van der Waals surface area contributed by atoms with E-state index >= 15 is 0 Å². The molecule has 0 aliphatic rings. The molecule has 0 saturated heterocycles. The third kappa shape index (κ3) is 4.75. The van der Waals surface area contributed by atoms with Crippen LogP contribution in [-0.2, 0) is 0 Å². The summed E-state index contributed by atoms with van der Waals surface area (Å²) in [5.41, 5.74) is 5.62. The lowest BCUT2D eigenvalue weighted by Gasteiger charge is -2.16. The number of aromatic nitrogens is 2. The van der Waals surface area contributed by atoms with E-state index in [1.54, 1.807) is 7.05 Å². The highest BCUT2D eigenvalue weighted by atomic mass is 16.3. The van der Waals surface area contributed by atoms with Gasteiger partial charge in [0.2, 0.25) is 5.95 Å². The Morgan fingerprint density at radius 1 is 1.33 bits per heavy atom. The van der Waals surface area contributed by atoms with E-state index < -0.39 is 0 Å². The van der Waals surface area contributed by atoms with Crippen molar-refractivity contribution in [2.45, 2.75) is 26.2 Å². The number of aliphatic hydroxyl groups is 1. The number of nitrogens with zero attached hydrogens (tertiary/aromatic N) is 2. The Morgan fingerprint density at radius 2 is 2.06 bits per heavy atom. The van der Waals surface area contributed by atoms with E-state index in [0.717, 1.165) is 25.8 Å². The van der Waals surface area contributed by atoms with Crippen LogP contribution in [0.15, 0.2) is 6.07 Å². The Kier molecular flexibility index (Phi) is 6.21. The van der Waals surface area contributed by atoms with Gasteiger partial charge in [-0.2, -0.15) is 9.97 Å². The first kappa shape index (κ1) is 14.5. The van der Waals surface area contributed by atoms with Crippen LogP contribution in [0.3, 0.4) is 0 Å². The molecule has 0 aromatic carbocycles. The van der Waals surface area contributed by atoms with Gasteiger partial charge in [0.05, 0.1) is 0 Å². The van der Waals surface area contributed by atoms with Crippen molar-refractivity contribution in [3.05, 3.63) is 6.07 Å². The van der Waals surface area contributed by atoms with Crippen LogP contribution < -0.4 is 16.4 Å². The third-order valence-electron chi connectivity index (χ3n) is 2.81. The molecule has 0 aliphatic carbocycles. The SMILES string of the molecule is CCCC(CCO)CNc1cc(NC)nc(N)n1. The molecule has 102 valence electrons. The van der Waals surface area contributed by atoms with Gasteiger partial charge in [0, 0.05) is 26.3 Å². The van der Waals surface area contributed by atoms with Gasteiger partial charge < -0.3 is 21.5 Å². The minimum atomic E-state index is 0.222. The van der Waals surface area contributed by atoms with Gasteiger partial charge >= 0.3 is 0 Å². The molecule has 0 aliphatic heterocycles. The average molecular weight is 253 g/mol. The summed E-state index contributed by atoms with van der Waals surface area (Å²) < 4.78 is 0. The number of hydrogen-bond acceptors (Lipinski definition) is 6. The molecule has 1 aromatic heterocycles. The maximum Gasteiger partial charge on any atom is 0.223 e. The number of rotatable bonds is 8. The molecule has 1 atom stereocenters. The van der Waals surface area contributed by atoms with Gasteiger partial charge in [0.1, 0.15) is 11.6 Å². The molecule has 6 heteroatoms. The molecular formula is C12H23N5O. The molecule has 1 rings (SSSR count). The first-order valence-corrected chi connectivity index (χ1v) is 6.36. The van der Waals surface area contributed by atoms with Crippen molar-refractivity contribution in [1.29, 1.82) is 0 Å². The maximum atomic E-state index is 9.00. The molecule has 0 radical (unpaired) electrons. The molecule has 5 N–H and O–H groups in total. The van der Waals surface area contributed by atoms with Crippen LogP contribution in [0.4, 0.5) is 17.6 Å². The summed E-state index contributed by atoms with van der Waals surface area (Å²) in [6, 6.07) is 1.82. The van der Waals surface area contributed by atoms with E-state index in [4.69, 9.17) is 10.8 Å². The highest BCUT2D eigenvalue weighted by molar-refractivity contribution is 5.50. The second-order valence-corrected chi connectivity index (χ2v) is 4.29. The zero-order chi connectivity index (χ0) is 13.4. The normalized spacial score (nSPS) is 12.2. The lowest BCUT2D eigenvalue weighted by atomic mass is 10.0. The van der Waals surface area contributed by atoms with Crippen LogP contribution in [0.25, 0.3) is 0 Å². The standard InChI is InChI=1S/C12H23N5O/c1-3-4-9(5-6-18)8-15-11-7-10(14-2)16-12(13)17-11/h7,9,18H,3-6,8H2,1-2H3,(H4,13,14,15,16,17). The quantitative estimate of drug-likeness (QED) is 0.558. The minimum Gasteiger partial charge on any atom is -0.396 e. The van der Waals surface area contributed by atoms with Crippen LogP contribution in [0.5, 0.6) is 0 Å². The van der Waals surface area contributed by atoms with Crippen LogP contribution in [0, 0.1) is 5.92 Å². The second kappa shape index (κ2) is 7.71. The zero-order valence-corrected chi connectivity index (χ0v) is 11.1. The first-order valence-electron chi connectivity index (χ1n) is 6.36. The number of aliphatic hydroxyl groups excluding tert-OH is 1. The van der Waals surface area contributed by atoms with Crippen LogP contribution in [-0.4, -0.2) is 35.3 Å². The van der Waals surface area contributed by atoms with Crippen molar-refractivity contribution in [1.82, 2.24) is 9.97 Å². The molecule has 1 unspecified atom stereocenters. The molecular weight excluding hydrogens is 230 g/mol. The predicted octanol–water partition coefficient (Wildman–Crippen LogP) is 1.31. The summed E-state index contributed by atoms with van der Waals surface area (Å²) in [4.78, 5) is 8.15. The van der Waals surface area contributed by atoms with Gasteiger partial charge in [-0.05, 0) is 18.8 Å². The fraction of sp³-hybridized carbons (Fsp3) is 0.667. The van der Waals surface area contributed by atoms with Crippen LogP contribution >= 0.6 is 0 Å². The monoisotopic (exact) mass is 253 g/mol. The lowest BCUT2D eigenvalue weighted by molar-refractivity contribution is 0.255. The number of nitrogens with one attached hydrogen (secondary N) is 2. The predicted molar refractivity (Wildman–Crippen MR) is 74.6 cm³/mol. The van der Waals surface area contributed by atoms with Crippen LogP contribution in [0.1, 0.15) is 26.2 Å². The molecule has 0 bridgehead atoms. The molecule has 0 fully saturated rings. The lowest BCUT2D eigenvalue weighted by Crippen LogP contribution is -2.17. The molecule has 1 aromatic rings. The maximum absolute atomic E-state index is 9.00. The van der Waals surface area contributed by atoms with Gasteiger partial charge in [0.25, 0.3) is 0 Å². The topological polar surface area (TPSA) is 96.1 Å². The molecule has 0 saturated carbocycles. The van der Waals surface area contributed by atoms with E-state index in [0.29, 0.717) is 17.6 Å². The second-order valence-electron chi connectivity index (χ2n) is 4.29. The number of anilines is 3. The molecule has 1 heterocycles. The fourth-order valence-corrected chi connectivity index (χ4v) is 1.87. The number of hydrogen-bond donors (Lipinski definition) is 4. The van der Waals surface area contributed by atoms with E-state index in [-0.39, 0.29) is 12.6 Å². The van der Waals surface area contributed by atoms with E-state index in [9.17, 15) is 0 Å². The fourth-order valence-electron chi connectivity index (χ4n) is 1.87. The first-order chi connectivity index (χ1) is 8.69. The summed E-state index contributed by atoms with van der Waals surface area (Å²) in [5, 5.41) is 15.2. The highest BCUT2D eigenvalue weighted by Gasteiger charge is 2.08. The van der Waals surface area contributed by atoms with Gasteiger partial charge in [0.15, 0.2) is 0 Å². The Labute approximate surface area is 108 Å². The molecule has 0 amide bonds. The number of nitrogen functional groups attached to an aromatic ring is 1. The third-order valence-corrected chi connectivity index (χ3v) is 2.81. The Balaban J connectivity index is 2.57. The molecule has 18 heavy (non-hydrogen) atoms. The Bertz CT molecular complexity index is 352. The summed E-state index contributed by atoms with van der Waals surface area (Å²) >= 11 is 0. The van der Waals surface area contributed by atoms with E-state index in [1.165, 1.54) is 0 Å². The largest absolute Gasteiger partial charge is 0.396 e. The smallest absolute Gasteiger partial charge is 0.223 e. The highest BCUT2D eigenvalue weighted by Crippen LogP contribution is 2.15. The molecule has 0 spiro atoms. The summed E-state index contributed by atoms with van der Waals surface area (Å²) in [5.74, 6) is 2.11. The van der Waals surface area contributed by atoms with Crippen molar-refractivity contribution in [3.8, 4) is 0 Å². The minimum absolute atomic E-state index is 0.222. The zero-order valence-electron chi connectivity index (χ0n) is 11.1. The van der Waals surface area contributed by atoms with Gasteiger partial charge in [-0.15, -0.1) is 0 Å². The Morgan fingerprint density at radius 3 is 2.67 bits per heavy atom. The Hall–Kier alpha value is -1.56. The van der Waals surface area contributed by atoms with Crippen molar-refractivity contribution < 1.29 is 5.11 Å². The van der Waals surface area contributed by atoms with E-state index in [2.05, 4.69) is 27.5 Å². The average Bonchev–Trinajstić information content (AvgIpc) is 2.36. The van der Waals surface area contributed by atoms with Crippen molar-refractivity contribution in [2.24, 2.45) is 5.92 Å². The van der Waals surface area contributed by atoms with Crippen molar-refractivity contribution >= 4 is 17.6 Å². The summed E-state index contributed by atoms with van der Waals surface area (Å²) in [6.07, 6.45) is 3.01. The van der Waals surface area contributed by atoms with Crippen molar-refractivity contribution in [3.63, 3.8) is 0 Å². The summed E-state index contributed by atoms with van der Waals surface area (Å²) in [7, 11) is 1.79. The van der Waals surface area contributed by atoms with Crippen molar-refractivity contribution in [2.75, 3.05) is 36.6 Å². The van der Waals surface area contributed by atoms with Crippen LogP contribution in [0.2, 0.25) is 0 Å². The number of nitrogens with two attached hydrogens (primary N) is 1. The van der Waals surface area contributed by atoms with E-state index in [1.807, 2.05) is 6.07 Å². The van der Waals surface area contributed by atoms with Gasteiger partial charge in [-0.25, -0.2) is 0 Å². The molecule has 6 nitrogen and oxygen atoms in total. The van der Waals surface area contributed by atoms with Gasteiger partial charge in [-0.1, -0.05) is 13.3 Å².